The Morgan fingerprint density at radius 3 is 2.70 bits per heavy atom. The predicted octanol–water partition coefficient (Wildman–Crippen LogP) is 2.41. The van der Waals surface area contributed by atoms with Crippen LogP contribution in [-0.2, 0) is 6.54 Å². The number of aromatic nitrogens is 1. The predicted molar refractivity (Wildman–Crippen MR) is 91.2 cm³/mol. The highest BCUT2D eigenvalue weighted by molar-refractivity contribution is 5.74. The molecule has 0 atom stereocenters. The number of amides is 2. The van der Waals surface area contributed by atoms with E-state index < -0.39 is 0 Å². The lowest BCUT2D eigenvalue weighted by Gasteiger charge is -2.52. The number of carbonyl (C=O) groups is 1. The highest BCUT2D eigenvalue weighted by atomic mass is 16.2. The summed E-state index contributed by atoms with van der Waals surface area (Å²) in [5.41, 5.74) is 2.95. The number of hydrogen-bond donors (Lipinski definition) is 1. The van der Waals surface area contributed by atoms with Gasteiger partial charge >= 0.3 is 6.03 Å². The van der Waals surface area contributed by atoms with E-state index in [-0.39, 0.29) is 6.03 Å². The minimum atomic E-state index is 0.0351. The summed E-state index contributed by atoms with van der Waals surface area (Å²) >= 11 is 0. The SMILES string of the molecule is Cc1cccnc1CN1CCC2(CC1)CC(NC(=O)N(C)C)C2. The molecule has 2 aliphatic rings. The van der Waals surface area contributed by atoms with Gasteiger partial charge in [0.1, 0.15) is 0 Å². The van der Waals surface area contributed by atoms with E-state index in [2.05, 4.69) is 28.2 Å². The summed E-state index contributed by atoms with van der Waals surface area (Å²) in [6, 6.07) is 4.54. The van der Waals surface area contributed by atoms with Crippen LogP contribution in [0.2, 0.25) is 0 Å². The summed E-state index contributed by atoms with van der Waals surface area (Å²) in [5, 5.41) is 3.11. The Bertz CT molecular complexity index is 556. The van der Waals surface area contributed by atoms with Gasteiger partial charge in [-0.05, 0) is 62.7 Å². The van der Waals surface area contributed by atoms with Crippen molar-refractivity contribution in [3.05, 3.63) is 29.6 Å². The fraction of sp³-hybridized carbons (Fsp3) is 0.667. The van der Waals surface area contributed by atoms with E-state index >= 15 is 0 Å². The number of pyridine rings is 1. The van der Waals surface area contributed by atoms with E-state index in [1.165, 1.54) is 24.1 Å². The lowest BCUT2D eigenvalue weighted by atomic mass is 9.60. The van der Waals surface area contributed by atoms with E-state index in [1.807, 2.05) is 12.3 Å². The maximum absolute atomic E-state index is 11.7. The van der Waals surface area contributed by atoms with Crippen molar-refractivity contribution < 1.29 is 4.79 Å². The van der Waals surface area contributed by atoms with E-state index in [1.54, 1.807) is 19.0 Å². The molecule has 23 heavy (non-hydrogen) atoms. The second-order valence-corrected chi connectivity index (χ2v) is 7.49. The molecule has 0 unspecified atom stereocenters. The molecule has 126 valence electrons. The summed E-state index contributed by atoms with van der Waals surface area (Å²) < 4.78 is 0. The van der Waals surface area contributed by atoms with Gasteiger partial charge < -0.3 is 10.2 Å². The Balaban J connectivity index is 1.45. The molecule has 5 heteroatoms. The molecule has 5 nitrogen and oxygen atoms in total. The van der Waals surface area contributed by atoms with E-state index in [0.717, 1.165) is 32.5 Å². The molecular weight excluding hydrogens is 288 g/mol. The van der Waals surface area contributed by atoms with Gasteiger partial charge in [0.05, 0.1) is 5.69 Å². The van der Waals surface area contributed by atoms with E-state index in [9.17, 15) is 4.79 Å². The van der Waals surface area contributed by atoms with Crippen LogP contribution in [0.5, 0.6) is 0 Å². The number of carbonyl (C=O) groups excluding carboxylic acids is 1. The third-order valence-corrected chi connectivity index (χ3v) is 5.50. The average molecular weight is 316 g/mol. The Morgan fingerprint density at radius 1 is 1.39 bits per heavy atom. The first-order valence-corrected chi connectivity index (χ1v) is 8.58. The van der Waals surface area contributed by atoms with Crippen LogP contribution in [0, 0.1) is 12.3 Å². The van der Waals surface area contributed by atoms with Gasteiger partial charge in [-0.25, -0.2) is 4.79 Å². The first-order valence-electron chi connectivity index (χ1n) is 8.58. The van der Waals surface area contributed by atoms with Crippen molar-refractivity contribution in [1.29, 1.82) is 0 Å². The molecule has 1 spiro atoms. The summed E-state index contributed by atoms with van der Waals surface area (Å²) in [4.78, 5) is 20.3. The minimum Gasteiger partial charge on any atom is -0.335 e. The number of urea groups is 1. The van der Waals surface area contributed by atoms with Gasteiger partial charge in [-0.1, -0.05) is 6.07 Å². The van der Waals surface area contributed by atoms with Crippen LogP contribution >= 0.6 is 0 Å². The van der Waals surface area contributed by atoms with Gasteiger partial charge in [0.25, 0.3) is 0 Å². The molecule has 0 aromatic carbocycles. The van der Waals surface area contributed by atoms with Crippen molar-refractivity contribution in [2.45, 2.75) is 45.2 Å². The molecule has 3 rings (SSSR count). The second kappa shape index (κ2) is 6.48. The number of aryl methyl sites for hydroxylation is 1. The molecule has 1 aromatic heterocycles. The van der Waals surface area contributed by atoms with Crippen LogP contribution in [0.25, 0.3) is 0 Å². The molecule has 1 aromatic rings. The summed E-state index contributed by atoms with van der Waals surface area (Å²) in [5.74, 6) is 0. The fourth-order valence-electron chi connectivity index (χ4n) is 3.88. The van der Waals surface area contributed by atoms with Gasteiger partial charge in [0.15, 0.2) is 0 Å². The van der Waals surface area contributed by atoms with Gasteiger partial charge in [0.2, 0.25) is 0 Å². The second-order valence-electron chi connectivity index (χ2n) is 7.49. The molecule has 1 aliphatic heterocycles. The quantitative estimate of drug-likeness (QED) is 0.931. The first-order chi connectivity index (χ1) is 11.0. The summed E-state index contributed by atoms with van der Waals surface area (Å²) in [6.07, 6.45) is 6.66. The van der Waals surface area contributed by atoms with Crippen molar-refractivity contribution >= 4 is 6.03 Å². The summed E-state index contributed by atoms with van der Waals surface area (Å²) in [7, 11) is 3.59. The van der Waals surface area contributed by atoms with Crippen LogP contribution < -0.4 is 5.32 Å². The van der Waals surface area contributed by atoms with Gasteiger partial charge in [-0.3, -0.25) is 9.88 Å². The van der Waals surface area contributed by atoms with Crippen LogP contribution in [0.1, 0.15) is 36.9 Å². The largest absolute Gasteiger partial charge is 0.335 e. The molecule has 1 N–H and O–H groups in total. The van der Waals surface area contributed by atoms with Crippen LogP contribution in [0.15, 0.2) is 18.3 Å². The highest BCUT2D eigenvalue weighted by Crippen LogP contribution is 2.49. The van der Waals surface area contributed by atoms with Crippen LogP contribution in [0.4, 0.5) is 4.79 Å². The lowest BCUT2D eigenvalue weighted by molar-refractivity contribution is 0.00599. The number of piperidine rings is 1. The number of likely N-dealkylation sites (tertiary alicyclic amines) is 1. The zero-order valence-electron chi connectivity index (χ0n) is 14.5. The normalized spacial score (nSPS) is 21.0. The van der Waals surface area contributed by atoms with Gasteiger partial charge in [0, 0.05) is 32.9 Å². The molecular formula is C18H28N4O. The Labute approximate surface area is 139 Å². The third kappa shape index (κ3) is 3.66. The van der Waals surface area contributed by atoms with Crippen LogP contribution in [0.3, 0.4) is 0 Å². The average Bonchev–Trinajstić information content (AvgIpc) is 2.49. The van der Waals surface area contributed by atoms with Crippen molar-refractivity contribution in [3.63, 3.8) is 0 Å². The molecule has 2 amide bonds. The Kier molecular flexibility index (Phi) is 4.57. The minimum absolute atomic E-state index is 0.0351. The molecule has 0 radical (unpaired) electrons. The fourth-order valence-corrected chi connectivity index (χ4v) is 3.88. The standard InChI is InChI=1S/C18H28N4O/c1-14-5-4-8-19-16(14)13-22-9-6-18(7-10-22)11-15(12-18)20-17(23)21(2)3/h4-5,8,15H,6-7,9-13H2,1-3H3,(H,20,23). The topological polar surface area (TPSA) is 48.5 Å². The van der Waals surface area contributed by atoms with E-state index in [4.69, 9.17) is 0 Å². The zero-order valence-corrected chi connectivity index (χ0v) is 14.5. The number of nitrogens with zero attached hydrogens (tertiary/aromatic N) is 3. The molecule has 2 heterocycles. The third-order valence-electron chi connectivity index (χ3n) is 5.50. The van der Waals surface area contributed by atoms with Crippen molar-refractivity contribution in [3.8, 4) is 0 Å². The lowest BCUT2D eigenvalue weighted by Crippen LogP contribution is -2.56. The first kappa shape index (κ1) is 16.2. The van der Waals surface area contributed by atoms with Gasteiger partial charge in [-0.15, -0.1) is 0 Å². The number of hydrogen-bond acceptors (Lipinski definition) is 3. The van der Waals surface area contributed by atoms with Crippen molar-refractivity contribution in [2.24, 2.45) is 5.41 Å². The highest BCUT2D eigenvalue weighted by Gasteiger charge is 2.46. The molecule has 0 bridgehead atoms. The smallest absolute Gasteiger partial charge is 0.317 e. The summed E-state index contributed by atoms with van der Waals surface area (Å²) in [6.45, 7) is 5.38. The Morgan fingerprint density at radius 2 is 2.09 bits per heavy atom. The zero-order chi connectivity index (χ0) is 16.4. The Hall–Kier alpha value is -1.62. The molecule has 1 saturated heterocycles. The molecule has 2 fully saturated rings. The monoisotopic (exact) mass is 316 g/mol. The number of rotatable bonds is 3. The number of nitrogens with one attached hydrogen (secondary N) is 1. The van der Waals surface area contributed by atoms with Crippen molar-refractivity contribution in [1.82, 2.24) is 20.1 Å². The van der Waals surface area contributed by atoms with E-state index in [0.29, 0.717) is 11.5 Å². The van der Waals surface area contributed by atoms with Crippen molar-refractivity contribution in [2.75, 3.05) is 27.2 Å². The van der Waals surface area contributed by atoms with Crippen LogP contribution in [-0.4, -0.2) is 54.0 Å². The maximum Gasteiger partial charge on any atom is 0.317 e. The maximum atomic E-state index is 11.7. The van der Waals surface area contributed by atoms with Gasteiger partial charge in [-0.2, -0.15) is 0 Å². The molecule has 1 aliphatic carbocycles. The molecule has 1 saturated carbocycles.